The number of hydrogen-bond acceptors (Lipinski definition) is 4. The molecule has 1 unspecified atom stereocenters. The summed E-state index contributed by atoms with van der Waals surface area (Å²) < 4.78 is 0. The summed E-state index contributed by atoms with van der Waals surface area (Å²) in [5, 5.41) is 2.95. The van der Waals surface area contributed by atoms with Crippen LogP contribution >= 0.6 is 11.8 Å². The van der Waals surface area contributed by atoms with Crippen LogP contribution in [0.25, 0.3) is 0 Å². The molecule has 3 rings (SSSR count). The van der Waals surface area contributed by atoms with Gasteiger partial charge in [-0.3, -0.25) is 14.5 Å². The predicted molar refractivity (Wildman–Crippen MR) is 118 cm³/mol. The zero-order valence-corrected chi connectivity index (χ0v) is 18.4. The molecule has 1 heterocycles. The minimum Gasteiger partial charge on any atom is -0.347 e. The Labute approximate surface area is 177 Å². The third kappa shape index (κ3) is 5.61. The third-order valence-electron chi connectivity index (χ3n) is 5.15. The number of hydrogen-bond donors (Lipinski definition) is 1. The monoisotopic (exact) mass is 411 g/mol. The maximum Gasteiger partial charge on any atom is 0.239 e. The number of nitrogens with zero attached hydrogens (tertiary/aromatic N) is 2. The molecule has 1 aliphatic heterocycles. The molecule has 0 radical (unpaired) electrons. The van der Waals surface area contributed by atoms with Gasteiger partial charge in [0.2, 0.25) is 11.8 Å². The van der Waals surface area contributed by atoms with Gasteiger partial charge >= 0.3 is 0 Å². The van der Waals surface area contributed by atoms with Gasteiger partial charge < -0.3 is 10.2 Å². The highest BCUT2D eigenvalue weighted by atomic mass is 32.2. The van der Waals surface area contributed by atoms with E-state index in [1.807, 2.05) is 29.2 Å². The molecular weight excluding hydrogens is 382 g/mol. The standard InChI is InChI=1S/C23H29N3O2S/c1-16-7-8-17(2)21(14-16)29-19-11-9-18(10-12-19)24-22(27)15-26-13-5-6-20(26)23(28)25(3)4/h7-12,14,20H,5-6,13,15H2,1-4H3,(H,24,27). The van der Waals surface area contributed by atoms with E-state index >= 15 is 0 Å². The third-order valence-corrected chi connectivity index (χ3v) is 6.31. The van der Waals surface area contributed by atoms with Crippen molar-refractivity contribution in [3.05, 3.63) is 53.6 Å². The van der Waals surface area contributed by atoms with Crippen LogP contribution in [0.15, 0.2) is 52.3 Å². The highest BCUT2D eigenvalue weighted by Crippen LogP contribution is 2.31. The number of aryl methyl sites for hydroxylation is 2. The van der Waals surface area contributed by atoms with Gasteiger partial charge in [-0.05, 0) is 74.7 Å². The first-order valence-corrected chi connectivity index (χ1v) is 10.8. The molecule has 2 aromatic carbocycles. The summed E-state index contributed by atoms with van der Waals surface area (Å²) in [4.78, 5) is 30.7. The molecule has 154 valence electrons. The van der Waals surface area contributed by atoms with Crippen molar-refractivity contribution in [2.24, 2.45) is 0 Å². The van der Waals surface area contributed by atoms with Crippen molar-refractivity contribution < 1.29 is 9.59 Å². The van der Waals surface area contributed by atoms with Gasteiger partial charge in [0.15, 0.2) is 0 Å². The summed E-state index contributed by atoms with van der Waals surface area (Å²) in [6.45, 7) is 5.23. The Bertz CT molecular complexity index is 880. The molecule has 29 heavy (non-hydrogen) atoms. The Morgan fingerprint density at radius 3 is 2.55 bits per heavy atom. The van der Waals surface area contributed by atoms with Gasteiger partial charge in [-0.1, -0.05) is 23.9 Å². The van der Waals surface area contributed by atoms with Crippen LogP contribution in [0.3, 0.4) is 0 Å². The number of benzene rings is 2. The lowest BCUT2D eigenvalue weighted by molar-refractivity contribution is -0.133. The number of amides is 2. The van der Waals surface area contributed by atoms with Crippen molar-refractivity contribution in [3.8, 4) is 0 Å². The molecule has 0 saturated carbocycles. The number of carbonyl (C=O) groups excluding carboxylic acids is 2. The van der Waals surface area contributed by atoms with Crippen molar-refractivity contribution in [1.29, 1.82) is 0 Å². The van der Waals surface area contributed by atoms with Crippen LogP contribution in [0.5, 0.6) is 0 Å². The van der Waals surface area contributed by atoms with Crippen LogP contribution in [0.4, 0.5) is 5.69 Å². The Hall–Kier alpha value is -2.31. The maximum absolute atomic E-state index is 12.5. The molecule has 6 heteroatoms. The number of anilines is 1. The normalized spacial score (nSPS) is 16.6. The fraction of sp³-hybridized carbons (Fsp3) is 0.391. The SMILES string of the molecule is Cc1ccc(C)c(Sc2ccc(NC(=O)CN3CCCC3C(=O)N(C)C)cc2)c1. The smallest absolute Gasteiger partial charge is 0.239 e. The molecule has 0 aromatic heterocycles. The number of likely N-dealkylation sites (N-methyl/N-ethyl adjacent to an activating group) is 1. The lowest BCUT2D eigenvalue weighted by atomic mass is 10.2. The van der Waals surface area contributed by atoms with E-state index in [1.54, 1.807) is 30.8 Å². The van der Waals surface area contributed by atoms with E-state index in [9.17, 15) is 9.59 Å². The maximum atomic E-state index is 12.5. The fourth-order valence-corrected chi connectivity index (χ4v) is 4.53. The number of likely N-dealkylation sites (tertiary alicyclic amines) is 1. The molecule has 1 aliphatic rings. The highest BCUT2D eigenvalue weighted by Gasteiger charge is 2.32. The van der Waals surface area contributed by atoms with E-state index in [0.717, 1.165) is 30.0 Å². The summed E-state index contributed by atoms with van der Waals surface area (Å²) in [5.41, 5.74) is 3.27. The molecule has 0 spiro atoms. The summed E-state index contributed by atoms with van der Waals surface area (Å²) in [7, 11) is 3.52. The first kappa shape index (κ1) is 21.4. The van der Waals surface area contributed by atoms with E-state index in [0.29, 0.717) is 0 Å². The average molecular weight is 412 g/mol. The molecule has 0 aliphatic carbocycles. The van der Waals surface area contributed by atoms with Gasteiger partial charge in [-0.2, -0.15) is 0 Å². The number of nitrogens with one attached hydrogen (secondary N) is 1. The topological polar surface area (TPSA) is 52.7 Å². The minimum atomic E-state index is -0.188. The van der Waals surface area contributed by atoms with E-state index in [2.05, 4.69) is 37.4 Å². The minimum absolute atomic E-state index is 0.0723. The van der Waals surface area contributed by atoms with Crippen LogP contribution in [0, 0.1) is 13.8 Å². The lowest BCUT2D eigenvalue weighted by Crippen LogP contribution is -2.45. The van der Waals surface area contributed by atoms with Crippen molar-refractivity contribution in [1.82, 2.24) is 9.80 Å². The predicted octanol–water partition coefficient (Wildman–Crippen LogP) is 3.95. The first-order chi connectivity index (χ1) is 13.8. The Morgan fingerprint density at radius 2 is 1.86 bits per heavy atom. The second kappa shape index (κ2) is 9.46. The molecule has 1 saturated heterocycles. The molecular formula is C23H29N3O2S. The van der Waals surface area contributed by atoms with Gasteiger partial charge in [0.1, 0.15) is 0 Å². The van der Waals surface area contributed by atoms with Crippen molar-refractivity contribution in [2.75, 3.05) is 32.5 Å². The van der Waals surface area contributed by atoms with Gasteiger partial charge in [-0.15, -0.1) is 0 Å². The summed E-state index contributed by atoms with van der Waals surface area (Å²) >= 11 is 1.73. The van der Waals surface area contributed by atoms with E-state index in [1.165, 1.54) is 16.0 Å². The fourth-order valence-electron chi connectivity index (χ4n) is 3.53. The largest absolute Gasteiger partial charge is 0.347 e. The van der Waals surface area contributed by atoms with Crippen LogP contribution in [-0.2, 0) is 9.59 Å². The van der Waals surface area contributed by atoms with Gasteiger partial charge in [0, 0.05) is 29.6 Å². The van der Waals surface area contributed by atoms with Gasteiger partial charge in [0.05, 0.1) is 12.6 Å². The first-order valence-electron chi connectivity index (χ1n) is 9.94. The summed E-state index contributed by atoms with van der Waals surface area (Å²) in [6.07, 6.45) is 1.76. The van der Waals surface area contributed by atoms with E-state index in [-0.39, 0.29) is 24.4 Å². The highest BCUT2D eigenvalue weighted by molar-refractivity contribution is 7.99. The number of rotatable bonds is 6. The molecule has 1 fully saturated rings. The van der Waals surface area contributed by atoms with Crippen LogP contribution in [-0.4, -0.2) is 54.8 Å². The second-order valence-electron chi connectivity index (χ2n) is 7.80. The average Bonchev–Trinajstić information content (AvgIpc) is 3.13. The van der Waals surface area contributed by atoms with E-state index in [4.69, 9.17) is 0 Å². The molecule has 5 nitrogen and oxygen atoms in total. The second-order valence-corrected chi connectivity index (χ2v) is 8.92. The van der Waals surface area contributed by atoms with Gasteiger partial charge in [0.25, 0.3) is 0 Å². The molecule has 1 N–H and O–H groups in total. The summed E-state index contributed by atoms with van der Waals surface area (Å²) in [5.74, 6) is -0.0125. The Morgan fingerprint density at radius 1 is 1.14 bits per heavy atom. The lowest BCUT2D eigenvalue weighted by Gasteiger charge is -2.25. The molecule has 0 bridgehead atoms. The zero-order chi connectivity index (χ0) is 21.0. The zero-order valence-electron chi connectivity index (χ0n) is 17.6. The van der Waals surface area contributed by atoms with Crippen molar-refractivity contribution in [2.45, 2.75) is 42.5 Å². The van der Waals surface area contributed by atoms with Crippen molar-refractivity contribution in [3.63, 3.8) is 0 Å². The van der Waals surface area contributed by atoms with Crippen molar-refractivity contribution >= 4 is 29.3 Å². The summed E-state index contributed by atoms with van der Waals surface area (Å²) in [6, 6.07) is 14.2. The van der Waals surface area contributed by atoms with Crippen LogP contribution in [0.2, 0.25) is 0 Å². The molecule has 2 aromatic rings. The molecule has 2 amide bonds. The Kier molecular flexibility index (Phi) is 6.98. The van der Waals surface area contributed by atoms with Crippen LogP contribution < -0.4 is 5.32 Å². The Balaban J connectivity index is 1.57. The quantitative estimate of drug-likeness (QED) is 0.782. The van der Waals surface area contributed by atoms with Gasteiger partial charge in [-0.25, -0.2) is 0 Å². The molecule has 1 atom stereocenters. The van der Waals surface area contributed by atoms with E-state index < -0.39 is 0 Å². The number of carbonyl (C=O) groups is 2. The van der Waals surface area contributed by atoms with Crippen LogP contribution in [0.1, 0.15) is 24.0 Å².